The molecule has 0 saturated carbocycles. The lowest BCUT2D eigenvalue weighted by atomic mass is 9.91. The zero-order valence-corrected chi connectivity index (χ0v) is 12.0. The molecule has 3 atom stereocenters. The van der Waals surface area contributed by atoms with Crippen molar-refractivity contribution >= 4 is 11.9 Å². The topological polar surface area (TPSA) is 55.8 Å². The summed E-state index contributed by atoms with van der Waals surface area (Å²) < 4.78 is 63.1. The number of halogens is 4. The van der Waals surface area contributed by atoms with Crippen molar-refractivity contribution in [2.45, 2.75) is 49.7 Å². The van der Waals surface area contributed by atoms with Crippen LogP contribution < -0.4 is 0 Å². The zero-order chi connectivity index (χ0) is 16.5. The van der Waals surface area contributed by atoms with Gasteiger partial charge in [0.15, 0.2) is 0 Å². The fourth-order valence-electron chi connectivity index (χ4n) is 2.91. The van der Waals surface area contributed by atoms with E-state index in [9.17, 15) is 27.2 Å². The number of rotatable bonds is 2. The van der Waals surface area contributed by atoms with Crippen LogP contribution >= 0.6 is 0 Å². The van der Waals surface area contributed by atoms with E-state index < -0.39 is 48.8 Å². The number of alkyl halides is 4. The normalized spacial score (nSPS) is 32.9. The lowest BCUT2D eigenvalue weighted by Gasteiger charge is -2.40. The first-order valence-electron chi connectivity index (χ1n) is 6.96. The third-order valence-electron chi connectivity index (χ3n) is 4.06. The molecule has 0 radical (unpaired) electrons. The van der Waals surface area contributed by atoms with Gasteiger partial charge in [-0.15, -0.1) is 0 Å². The van der Waals surface area contributed by atoms with Crippen LogP contribution in [-0.2, 0) is 19.1 Å². The van der Waals surface area contributed by atoms with Crippen LogP contribution in [0.25, 0.3) is 0 Å². The molecule has 0 aromatic carbocycles. The summed E-state index contributed by atoms with van der Waals surface area (Å²) in [6.07, 6.45) is -6.82. The van der Waals surface area contributed by atoms with Crippen molar-refractivity contribution < 1.29 is 36.6 Å². The highest BCUT2D eigenvalue weighted by molar-refractivity contribution is 5.91. The van der Waals surface area contributed by atoms with Crippen molar-refractivity contribution in [1.82, 2.24) is 4.90 Å². The molecule has 22 heavy (non-hydrogen) atoms. The van der Waals surface area contributed by atoms with Gasteiger partial charge in [-0.05, 0) is 19.3 Å². The molecule has 126 valence electrons. The molecule has 0 bridgehead atoms. The summed E-state index contributed by atoms with van der Waals surface area (Å²) in [6.45, 7) is -0.777. The number of nitrogens with zero attached hydrogens (tertiary/aromatic N) is 1. The molecule has 2 heterocycles. The van der Waals surface area contributed by atoms with E-state index in [2.05, 4.69) is 4.74 Å². The maximum atomic E-state index is 13.5. The van der Waals surface area contributed by atoms with Gasteiger partial charge >= 0.3 is 12.1 Å². The maximum absolute atomic E-state index is 13.5. The molecule has 0 aliphatic carbocycles. The number of carbonyl (C=O) groups is 2. The van der Waals surface area contributed by atoms with Crippen LogP contribution in [0.2, 0.25) is 0 Å². The van der Waals surface area contributed by atoms with E-state index in [-0.39, 0.29) is 19.4 Å². The van der Waals surface area contributed by atoms with Gasteiger partial charge < -0.3 is 14.4 Å². The highest BCUT2D eigenvalue weighted by Gasteiger charge is 2.64. The number of ether oxygens (including phenoxy) is 2. The van der Waals surface area contributed by atoms with Gasteiger partial charge in [-0.25, -0.2) is 9.18 Å². The first-order chi connectivity index (χ1) is 10.2. The van der Waals surface area contributed by atoms with Gasteiger partial charge in [0.25, 0.3) is 5.91 Å². The highest BCUT2D eigenvalue weighted by atomic mass is 19.4. The Morgan fingerprint density at radius 2 is 2.00 bits per heavy atom. The molecular weight excluding hydrogens is 310 g/mol. The predicted molar refractivity (Wildman–Crippen MR) is 65.6 cm³/mol. The molecule has 2 aliphatic rings. The van der Waals surface area contributed by atoms with Crippen LogP contribution in [0.4, 0.5) is 17.6 Å². The number of carbonyl (C=O) groups excluding carboxylic acids is 2. The van der Waals surface area contributed by atoms with E-state index in [4.69, 9.17) is 4.74 Å². The van der Waals surface area contributed by atoms with E-state index in [1.54, 1.807) is 0 Å². The average molecular weight is 327 g/mol. The summed E-state index contributed by atoms with van der Waals surface area (Å²) in [5, 5.41) is 0. The summed E-state index contributed by atoms with van der Waals surface area (Å²) in [4.78, 5) is 24.7. The SMILES string of the molecule is COC(=O)[C@@H]1C[C@@H](F)CN1C(=O)[C@@]1(C(F)(F)F)CCCCO1. The average Bonchev–Trinajstić information content (AvgIpc) is 2.87. The van der Waals surface area contributed by atoms with Gasteiger partial charge in [-0.1, -0.05) is 0 Å². The van der Waals surface area contributed by atoms with Gasteiger partial charge in [0.05, 0.1) is 13.7 Å². The van der Waals surface area contributed by atoms with Crippen molar-refractivity contribution in [3.8, 4) is 0 Å². The van der Waals surface area contributed by atoms with Crippen molar-refractivity contribution in [1.29, 1.82) is 0 Å². The molecule has 0 spiro atoms. The highest BCUT2D eigenvalue weighted by Crippen LogP contribution is 2.43. The van der Waals surface area contributed by atoms with Gasteiger partial charge in [-0.3, -0.25) is 4.79 Å². The van der Waals surface area contributed by atoms with Crippen LogP contribution in [0.3, 0.4) is 0 Å². The van der Waals surface area contributed by atoms with Crippen molar-refractivity contribution in [3.63, 3.8) is 0 Å². The van der Waals surface area contributed by atoms with E-state index in [0.29, 0.717) is 11.3 Å². The largest absolute Gasteiger partial charge is 0.467 e. The van der Waals surface area contributed by atoms with Crippen LogP contribution in [0.15, 0.2) is 0 Å². The summed E-state index contributed by atoms with van der Waals surface area (Å²) >= 11 is 0. The molecule has 2 fully saturated rings. The van der Waals surface area contributed by atoms with Gasteiger partial charge in [-0.2, -0.15) is 13.2 Å². The molecule has 1 amide bonds. The van der Waals surface area contributed by atoms with Gasteiger partial charge in [0.2, 0.25) is 5.60 Å². The van der Waals surface area contributed by atoms with Gasteiger partial charge in [0, 0.05) is 13.0 Å². The molecule has 0 N–H and O–H groups in total. The molecule has 9 heteroatoms. The number of hydrogen-bond donors (Lipinski definition) is 0. The fourth-order valence-corrected chi connectivity index (χ4v) is 2.91. The summed E-state index contributed by atoms with van der Waals surface area (Å²) in [5.74, 6) is -2.34. The minimum atomic E-state index is -4.93. The smallest absolute Gasteiger partial charge is 0.426 e. The molecule has 2 aliphatic heterocycles. The lowest BCUT2D eigenvalue weighted by Crippen LogP contribution is -2.62. The molecule has 2 rings (SSSR count). The van der Waals surface area contributed by atoms with E-state index in [1.165, 1.54) is 0 Å². The quantitative estimate of drug-likeness (QED) is 0.571. The molecule has 5 nitrogen and oxygen atoms in total. The first-order valence-corrected chi connectivity index (χ1v) is 6.96. The lowest BCUT2D eigenvalue weighted by molar-refractivity contribution is -0.281. The minimum absolute atomic E-state index is 0.168. The van der Waals surface area contributed by atoms with Crippen molar-refractivity contribution in [2.75, 3.05) is 20.3 Å². The van der Waals surface area contributed by atoms with Crippen LogP contribution in [-0.4, -0.2) is 61.0 Å². The second kappa shape index (κ2) is 6.02. The molecule has 0 aromatic heterocycles. The molecule has 0 aromatic rings. The first kappa shape index (κ1) is 17.0. The summed E-state index contributed by atoms with van der Waals surface area (Å²) in [7, 11) is 1.03. The third kappa shape index (κ3) is 2.78. The predicted octanol–water partition coefficient (Wildman–Crippen LogP) is 1.60. The Morgan fingerprint density at radius 3 is 2.50 bits per heavy atom. The monoisotopic (exact) mass is 327 g/mol. The number of hydrogen-bond acceptors (Lipinski definition) is 4. The molecule has 0 unspecified atom stereocenters. The third-order valence-corrected chi connectivity index (χ3v) is 4.06. The van der Waals surface area contributed by atoms with Crippen LogP contribution in [0.5, 0.6) is 0 Å². The second-order valence-electron chi connectivity index (χ2n) is 5.46. The Kier molecular flexibility index (Phi) is 4.65. The van der Waals surface area contributed by atoms with Gasteiger partial charge in [0.1, 0.15) is 12.2 Å². The molecule has 2 saturated heterocycles. The standard InChI is InChI=1S/C13H17F4NO4/c1-21-10(19)9-6-8(14)7-18(9)11(20)12(13(15,16)17)4-2-3-5-22-12/h8-9H,2-7H2,1H3/t8-,9+,12-/m1/s1. The van der Waals surface area contributed by atoms with Crippen LogP contribution in [0.1, 0.15) is 25.7 Å². The van der Waals surface area contributed by atoms with E-state index in [0.717, 1.165) is 7.11 Å². The van der Waals surface area contributed by atoms with E-state index >= 15 is 0 Å². The Hall–Kier alpha value is -1.38. The molecular formula is C13H17F4NO4. The fraction of sp³-hybridized carbons (Fsp3) is 0.846. The Bertz CT molecular complexity index is 448. The summed E-state index contributed by atoms with van der Waals surface area (Å²) in [5.41, 5.74) is -3.00. The van der Waals surface area contributed by atoms with Crippen molar-refractivity contribution in [3.05, 3.63) is 0 Å². The number of likely N-dealkylation sites (tertiary alicyclic amines) is 1. The maximum Gasteiger partial charge on any atom is 0.426 e. The Morgan fingerprint density at radius 1 is 1.32 bits per heavy atom. The Labute approximate surface area is 124 Å². The number of esters is 1. The van der Waals surface area contributed by atoms with Crippen LogP contribution in [0, 0.1) is 0 Å². The minimum Gasteiger partial charge on any atom is -0.467 e. The van der Waals surface area contributed by atoms with E-state index in [1.807, 2.05) is 0 Å². The second-order valence-corrected chi connectivity index (χ2v) is 5.46. The van der Waals surface area contributed by atoms with Crippen molar-refractivity contribution in [2.24, 2.45) is 0 Å². The Balaban J connectivity index is 2.32. The zero-order valence-electron chi connectivity index (χ0n) is 12.0. The summed E-state index contributed by atoms with van der Waals surface area (Å²) in [6, 6.07) is -1.35. The number of amides is 1. The number of methoxy groups -OCH3 is 1.